The van der Waals surface area contributed by atoms with E-state index in [0.717, 1.165) is 49.3 Å². The highest BCUT2D eigenvalue weighted by atomic mass is 35.5. The van der Waals surface area contributed by atoms with Gasteiger partial charge < -0.3 is 19.6 Å². The zero-order chi connectivity index (χ0) is 28.4. The fraction of sp³-hybridized carbons (Fsp3) is 0.500. The van der Waals surface area contributed by atoms with Gasteiger partial charge in [-0.2, -0.15) is 0 Å². The minimum absolute atomic E-state index is 0.0329. The zero-order valence-corrected chi connectivity index (χ0v) is 24.0. The van der Waals surface area contributed by atoms with Gasteiger partial charge in [0.1, 0.15) is 6.61 Å². The second kappa shape index (κ2) is 14.4. The number of halogens is 1. The van der Waals surface area contributed by atoms with E-state index in [1.807, 2.05) is 67.3 Å². The van der Waals surface area contributed by atoms with Gasteiger partial charge in [0, 0.05) is 63.5 Å². The predicted molar refractivity (Wildman–Crippen MR) is 153 cm³/mol. The molecule has 0 atom stereocenters. The van der Waals surface area contributed by atoms with Crippen molar-refractivity contribution in [2.45, 2.75) is 52.6 Å². The Morgan fingerprint density at radius 2 is 1.59 bits per heavy atom. The minimum Gasteiger partial charge on any atom is -0.481 e. The number of rotatable bonds is 8. The first-order chi connectivity index (χ1) is 18.6. The molecule has 2 aromatic carbocycles. The third-order valence-electron chi connectivity index (χ3n) is 6.90. The summed E-state index contributed by atoms with van der Waals surface area (Å²) in [7, 11) is 1.51. The summed E-state index contributed by atoms with van der Waals surface area (Å²) >= 11 is 6.08. The lowest BCUT2D eigenvalue weighted by Crippen LogP contribution is -2.40. The second-order valence-corrected chi connectivity index (χ2v) is 11.4. The molecule has 0 saturated carbocycles. The Bertz CT molecular complexity index is 1120. The summed E-state index contributed by atoms with van der Waals surface area (Å²) in [5.74, 6) is -1.14. The molecule has 2 amide bonds. The van der Waals surface area contributed by atoms with Crippen molar-refractivity contribution in [1.82, 2.24) is 9.80 Å². The number of hydrogen-bond donors (Lipinski definition) is 1. The third-order valence-corrected chi connectivity index (χ3v) is 7.15. The molecule has 39 heavy (non-hydrogen) atoms. The lowest BCUT2D eigenvalue weighted by atomic mass is 9.85. The Hall–Kier alpha value is -2.94. The molecule has 0 aliphatic carbocycles. The van der Waals surface area contributed by atoms with Gasteiger partial charge in [0.25, 0.3) is 5.91 Å². The molecule has 9 heteroatoms. The monoisotopic (exact) mass is 557 g/mol. The number of carbonyl (C=O) groups is 3. The lowest BCUT2D eigenvalue weighted by Gasteiger charge is -2.33. The number of carboxylic acid groups (broad SMARTS) is 1. The van der Waals surface area contributed by atoms with Gasteiger partial charge in [-0.25, -0.2) is 0 Å². The van der Waals surface area contributed by atoms with Crippen molar-refractivity contribution in [2.75, 3.05) is 44.8 Å². The number of benzene rings is 2. The number of nitrogens with zero attached hydrogens (tertiary/aromatic N) is 3. The highest BCUT2D eigenvalue weighted by Crippen LogP contribution is 2.28. The first-order valence-corrected chi connectivity index (χ1v) is 13.8. The van der Waals surface area contributed by atoms with Crippen molar-refractivity contribution in [2.24, 2.45) is 5.41 Å². The first-order valence-electron chi connectivity index (χ1n) is 13.4. The number of hydrogen-bond acceptors (Lipinski definition) is 5. The number of amides is 2. The Morgan fingerprint density at radius 3 is 2.26 bits per heavy atom. The van der Waals surface area contributed by atoms with E-state index in [4.69, 9.17) is 16.3 Å². The molecule has 8 nitrogen and oxygen atoms in total. The molecule has 0 bridgehead atoms. The Morgan fingerprint density at radius 1 is 0.923 bits per heavy atom. The van der Waals surface area contributed by atoms with E-state index < -0.39 is 11.4 Å². The molecule has 1 N–H and O–H groups in total. The van der Waals surface area contributed by atoms with Crippen molar-refractivity contribution in [1.29, 1.82) is 0 Å². The maximum Gasteiger partial charge on any atom is 0.303 e. The molecule has 3 rings (SSSR count). The van der Waals surface area contributed by atoms with Crippen molar-refractivity contribution in [3.63, 3.8) is 0 Å². The molecule has 0 radical (unpaired) electrons. The van der Waals surface area contributed by atoms with Crippen molar-refractivity contribution in [3.8, 4) is 0 Å². The van der Waals surface area contributed by atoms with Crippen LogP contribution in [0.25, 0.3) is 0 Å². The molecule has 2 aromatic rings. The standard InChI is InChI=1S/C30H40ClN3O5/c1-30(2,19-29(37)38)18-27(35)33-16-6-14-32(20-23-10-12-25(31)13-11-23)15-7-17-34(28(36)22-39-3)26-9-5-4-8-24(26)21-33/h4-5,8-13H,6-7,14-22H2,1-3H3,(H,37,38). The number of carbonyl (C=O) groups excluding carboxylic acids is 2. The molecular weight excluding hydrogens is 518 g/mol. The quantitative estimate of drug-likeness (QED) is 0.500. The van der Waals surface area contributed by atoms with Crippen LogP contribution in [0.1, 0.15) is 50.7 Å². The zero-order valence-electron chi connectivity index (χ0n) is 23.2. The molecule has 0 unspecified atom stereocenters. The topological polar surface area (TPSA) is 90.4 Å². The highest BCUT2D eigenvalue weighted by Gasteiger charge is 2.29. The Kier molecular flexibility index (Phi) is 11.3. The Balaban J connectivity index is 1.90. The second-order valence-electron chi connectivity index (χ2n) is 10.9. The molecular formula is C30H40ClN3O5. The number of ether oxygens (including phenoxy) is 1. The molecule has 212 valence electrons. The van der Waals surface area contributed by atoms with E-state index in [1.165, 1.54) is 7.11 Å². The number of carboxylic acids is 1. The van der Waals surface area contributed by atoms with Crippen LogP contribution in [0.15, 0.2) is 48.5 Å². The average molecular weight is 558 g/mol. The van der Waals surface area contributed by atoms with E-state index in [2.05, 4.69) is 4.90 Å². The van der Waals surface area contributed by atoms with Gasteiger partial charge in [0.05, 0.1) is 6.42 Å². The first kappa shape index (κ1) is 30.6. The fourth-order valence-corrected chi connectivity index (χ4v) is 5.16. The number of methoxy groups -OCH3 is 1. The van der Waals surface area contributed by atoms with E-state index in [0.29, 0.717) is 24.7 Å². The maximum absolute atomic E-state index is 13.6. The molecule has 0 saturated heterocycles. The summed E-state index contributed by atoms with van der Waals surface area (Å²) in [4.78, 5) is 44.0. The molecule has 1 aliphatic heterocycles. The van der Waals surface area contributed by atoms with Crippen LogP contribution >= 0.6 is 11.6 Å². The molecule has 0 fully saturated rings. The highest BCUT2D eigenvalue weighted by molar-refractivity contribution is 6.30. The van der Waals surface area contributed by atoms with Crippen LogP contribution < -0.4 is 4.90 Å². The van der Waals surface area contributed by atoms with E-state index in [9.17, 15) is 19.5 Å². The van der Waals surface area contributed by atoms with Crippen LogP contribution in [0.4, 0.5) is 5.69 Å². The predicted octanol–water partition coefficient (Wildman–Crippen LogP) is 4.84. The molecule has 1 aliphatic rings. The summed E-state index contributed by atoms with van der Waals surface area (Å²) < 4.78 is 5.18. The minimum atomic E-state index is -0.919. The van der Waals surface area contributed by atoms with Gasteiger partial charge in [-0.1, -0.05) is 55.8 Å². The SMILES string of the molecule is COCC(=O)N1CCCN(Cc2ccc(Cl)cc2)CCCN(C(=O)CC(C)(C)CC(=O)O)Cc2ccccc21. The van der Waals surface area contributed by atoms with Crippen LogP contribution in [-0.2, 0) is 32.2 Å². The largest absolute Gasteiger partial charge is 0.481 e. The van der Waals surface area contributed by atoms with Crippen LogP contribution in [0.3, 0.4) is 0 Å². The summed E-state index contributed by atoms with van der Waals surface area (Å²) in [6, 6.07) is 15.5. The van der Waals surface area contributed by atoms with Gasteiger partial charge in [0.15, 0.2) is 0 Å². The van der Waals surface area contributed by atoms with Crippen molar-refractivity contribution < 1.29 is 24.2 Å². The third kappa shape index (κ3) is 9.64. The van der Waals surface area contributed by atoms with Crippen LogP contribution in [0.2, 0.25) is 5.02 Å². The summed E-state index contributed by atoms with van der Waals surface area (Å²) in [5.41, 5.74) is 2.12. The van der Waals surface area contributed by atoms with Crippen LogP contribution in [0.5, 0.6) is 0 Å². The van der Waals surface area contributed by atoms with E-state index in [1.54, 1.807) is 4.90 Å². The van der Waals surface area contributed by atoms with Crippen LogP contribution in [-0.4, -0.2) is 72.6 Å². The molecule has 0 aromatic heterocycles. The Labute approximate surface area is 236 Å². The van der Waals surface area contributed by atoms with Crippen molar-refractivity contribution in [3.05, 3.63) is 64.7 Å². The number of aliphatic carboxylic acids is 1. The maximum atomic E-state index is 13.6. The normalized spacial score (nSPS) is 15.7. The van der Waals surface area contributed by atoms with Crippen LogP contribution in [0, 0.1) is 5.41 Å². The van der Waals surface area contributed by atoms with Crippen molar-refractivity contribution >= 4 is 35.1 Å². The van der Waals surface area contributed by atoms with Gasteiger partial charge in [0.2, 0.25) is 5.91 Å². The number of anilines is 1. The van der Waals surface area contributed by atoms with E-state index >= 15 is 0 Å². The van der Waals surface area contributed by atoms with E-state index in [-0.39, 0.29) is 31.3 Å². The fourth-order valence-electron chi connectivity index (χ4n) is 5.03. The summed E-state index contributed by atoms with van der Waals surface area (Å²) in [6.45, 7) is 7.26. The lowest BCUT2D eigenvalue weighted by molar-refractivity contribution is -0.141. The smallest absolute Gasteiger partial charge is 0.303 e. The van der Waals surface area contributed by atoms with Gasteiger partial charge in [-0.3, -0.25) is 19.3 Å². The summed E-state index contributed by atoms with van der Waals surface area (Å²) in [5, 5.41) is 10.0. The summed E-state index contributed by atoms with van der Waals surface area (Å²) in [6.07, 6.45) is 1.59. The number of fused-ring (bicyclic) bond motifs is 1. The molecule has 1 heterocycles. The van der Waals surface area contributed by atoms with Gasteiger partial charge in [-0.15, -0.1) is 0 Å². The van der Waals surface area contributed by atoms with Gasteiger partial charge >= 0.3 is 5.97 Å². The molecule has 0 spiro atoms. The average Bonchev–Trinajstić information content (AvgIpc) is 2.85. The number of para-hydroxylation sites is 1. The van der Waals surface area contributed by atoms with Gasteiger partial charge in [-0.05, 0) is 47.6 Å².